The Balaban J connectivity index is 1.66. The number of rotatable bonds is 9. The van der Waals surface area contributed by atoms with Gasteiger partial charge in [-0.2, -0.15) is 14.9 Å². The van der Waals surface area contributed by atoms with Gasteiger partial charge in [-0.1, -0.05) is 23.5 Å². The topological polar surface area (TPSA) is 170 Å². The number of nitrogens with zero attached hydrogens (tertiary/aromatic N) is 8. The predicted octanol–water partition coefficient (Wildman–Crippen LogP) is 2.68. The number of para-hydroxylation sites is 1. The molecule has 0 amide bonds. The molecule has 0 spiro atoms. The van der Waals surface area contributed by atoms with Gasteiger partial charge in [-0.15, -0.1) is 15.3 Å². The van der Waals surface area contributed by atoms with Crippen molar-refractivity contribution in [1.82, 2.24) is 24.7 Å². The Labute approximate surface area is 192 Å². The van der Waals surface area contributed by atoms with Gasteiger partial charge < -0.3 is 20.8 Å². The molecule has 0 atom stereocenters. The Kier molecular flexibility index (Phi) is 6.79. The number of aliphatic hydroxyl groups excluding tert-OH is 2. The van der Waals surface area contributed by atoms with Gasteiger partial charge in [0.1, 0.15) is 23.9 Å². The number of fused-ring (bicyclic) bond motifs is 1. The molecule has 4 aromatic rings. The van der Waals surface area contributed by atoms with E-state index < -0.39 is 0 Å². The summed E-state index contributed by atoms with van der Waals surface area (Å²) in [5, 5.41) is 47.1. The molecule has 1 aromatic carbocycles. The summed E-state index contributed by atoms with van der Waals surface area (Å²) in [6.07, 6.45) is 1.50. The summed E-state index contributed by atoms with van der Waals surface area (Å²) < 4.78 is 2.56. The van der Waals surface area contributed by atoms with Gasteiger partial charge in [0, 0.05) is 18.7 Å². The minimum Gasteiger partial charge on any atom is -0.395 e. The number of hydrogen-bond acceptors (Lipinski definition) is 12. The molecule has 13 heteroatoms. The number of hydrogen-bond donors (Lipinski definition) is 4. The second-order valence-electron chi connectivity index (χ2n) is 6.72. The molecule has 4 N–H and O–H groups in total. The highest BCUT2D eigenvalue weighted by Gasteiger charge is 2.17. The fraction of sp³-hybridized carbons (Fsp3) is 0.250. The summed E-state index contributed by atoms with van der Waals surface area (Å²) in [7, 11) is 0. The lowest BCUT2D eigenvalue weighted by molar-refractivity contribution is 0.311. The molecule has 0 aliphatic carbocycles. The fourth-order valence-electron chi connectivity index (χ4n) is 3.00. The number of nitrogens with one attached hydrogen (secondary N) is 2. The maximum Gasteiger partial charge on any atom is 0.287 e. The van der Waals surface area contributed by atoms with Crippen molar-refractivity contribution < 1.29 is 10.2 Å². The van der Waals surface area contributed by atoms with Crippen molar-refractivity contribution in [3.05, 3.63) is 41.7 Å². The van der Waals surface area contributed by atoms with E-state index in [0.717, 1.165) is 10.2 Å². The van der Waals surface area contributed by atoms with Crippen LogP contribution >= 0.6 is 11.3 Å². The van der Waals surface area contributed by atoms with E-state index in [1.165, 1.54) is 22.3 Å². The van der Waals surface area contributed by atoms with Crippen molar-refractivity contribution >= 4 is 44.8 Å². The van der Waals surface area contributed by atoms with E-state index >= 15 is 0 Å². The van der Waals surface area contributed by atoms with Gasteiger partial charge in [0.05, 0.1) is 29.0 Å². The maximum atomic E-state index is 9.61. The molecule has 0 saturated carbocycles. The molecule has 0 radical (unpaired) electrons. The van der Waals surface area contributed by atoms with Crippen molar-refractivity contribution in [3.63, 3.8) is 0 Å². The van der Waals surface area contributed by atoms with Crippen molar-refractivity contribution in [3.8, 4) is 11.2 Å². The second-order valence-corrected chi connectivity index (χ2v) is 7.73. The van der Waals surface area contributed by atoms with E-state index in [0.29, 0.717) is 28.0 Å². The molecule has 0 unspecified atom stereocenters. The average molecular weight is 465 g/mol. The Bertz CT molecular complexity index is 1310. The van der Waals surface area contributed by atoms with Gasteiger partial charge in [0.15, 0.2) is 5.82 Å². The molecule has 0 bridgehead atoms. The molecular formula is C20H20N10O2S. The smallest absolute Gasteiger partial charge is 0.287 e. The van der Waals surface area contributed by atoms with Crippen LogP contribution in [0, 0.1) is 18.3 Å². The van der Waals surface area contributed by atoms with Crippen molar-refractivity contribution in [1.29, 1.82) is 5.26 Å². The highest BCUT2D eigenvalue weighted by molar-refractivity contribution is 7.20. The minimum atomic E-state index is -0.120. The number of pyridine rings is 1. The predicted molar refractivity (Wildman–Crippen MR) is 124 cm³/mol. The van der Waals surface area contributed by atoms with Crippen molar-refractivity contribution in [2.75, 3.05) is 36.9 Å². The molecule has 33 heavy (non-hydrogen) atoms. The molecule has 12 nitrogen and oxygen atoms in total. The monoisotopic (exact) mass is 464 g/mol. The Morgan fingerprint density at radius 3 is 2.58 bits per heavy atom. The summed E-state index contributed by atoms with van der Waals surface area (Å²) in [4.78, 5) is 13.1. The van der Waals surface area contributed by atoms with Crippen LogP contribution in [0.1, 0.15) is 11.1 Å². The van der Waals surface area contributed by atoms with Crippen molar-refractivity contribution in [2.45, 2.75) is 6.92 Å². The number of benzene rings is 1. The Morgan fingerprint density at radius 1 is 1.09 bits per heavy atom. The molecule has 3 aromatic heterocycles. The molecule has 4 rings (SSSR count). The van der Waals surface area contributed by atoms with Crippen LogP contribution in [0.15, 0.2) is 40.8 Å². The zero-order valence-electron chi connectivity index (χ0n) is 17.6. The van der Waals surface area contributed by atoms with Gasteiger partial charge in [0.25, 0.3) is 5.95 Å². The number of nitriles is 1. The van der Waals surface area contributed by atoms with E-state index in [2.05, 4.69) is 47.0 Å². The first-order valence-corrected chi connectivity index (χ1v) is 10.8. The van der Waals surface area contributed by atoms with Crippen LogP contribution in [0.2, 0.25) is 0 Å². The van der Waals surface area contributed by atoms with Crippen LogP contribution in [-0.2, 0) is 0 Å². The zero-order valence-corrected chi connectivity index (χ0v) is 18.4. The lowest BCUT2D eigenvalue weighted by atomic mass is 10.1. The number of thiazole rings is 1. The van der Waals surface area contributed by atoms with Crippen LogP contribution < -0.4 is 10.6 Å². The van der Waals surface area contributed by atoms with Gasteiger partial charge >= 0.3 is 0 Å². The van der Waals surface area contributed by atoms with E-state index in [9.17, 15) is 10.4 Å². The molecule has 3 heterocycles. The van der Waals surface area contributed by atoms with E-state index in [1.807, 2.05) is 24.3 Å². The normalized spacial score (nSPS) is 11.2. The van der Waals surface area contributed by atoms with Gasteiger partial charge in [-0.3, -0.25) is 0 Å². The highest BCUT2D eigenvalue weighted by Crippen LogP contribution is 2.34. The largest absolute Gasteiger partial charge is 0.395 e. The SMILES string of the molecule is Cc1c(C#N)c(NCCO)nc(NCCO)c1/N=N/c1ncn(-c2nc3ccccc3s2)n1. The van der Waals surface area contributed by atoms with Gasteiger partial charge in [-0.25, -0.2) is 9.97 Å². The number of aliphatic hydroxyl groups is 2. The molecular weight excluding hydrogens is 444 g/mol. The quantitative estimate of drug-likeness (QED) is 0.272. The first kappa shape index (κ1) is 22.2. The summed E-state index contributed by atoms with van der Waals surface area (Å²) in [6, 6.07) is 9.88. The molecule has 0 saturated heterocycles. The third kappa shape index (κ3) is 4.77. The third-order valence-electron chi connectivity index (χ3n) is 4.53. The van der Waals surface area contributed by atoms with Gasteiger partial charge in [0.2, 0.25) is 5.13 Å². The Hall–Kier alpha value is -3.99. The molecule has 168 valence electrons. The lowest BCUT2D eigenvalue weighted by Crippen LogP contribution is -2.13. The summed E-state index contributed by atoms with van der Waals surface area (Å²) in [6.45, 7) is 1.94. The average Bonchev–Trinajstić information content (AvgIpc) is 3.47. The van der Waals surface area contributed by atoms with Crippen LogP contribution in [0.25, 0.3) is 15.3 Å². The summed E-state index contributed by atoms with van der Waals surface area (Å²) in [5.74, 6) is 0.750. The van der Waals surface area contributed by atoms with Crippen LogP contribution in [0.5, 0.6) is 0 Å². The lowest BCUT2D eigenvalue weighted by Gasteiger charge is -2.14. The number of anilines is 2. The third-order valence-corrected chi connectivity index (χ3v) is 5.56. The maximum absolute atomic E-state index is 9.61. The summed E-state index contributed by atoms with van der Waals surface area (Å²) >= 11 is 1.48. The van der Waals surface area contributed by atoms with Crippen molar-refractivity contribution in [2.24, 2.45) is 10.2 Å². The molecule has 0 fully saturated rings. The van der Waals surface area contributed by atoms with E-state index in [4.69, 9.17) is 5.11 Å². The van der Waals surface area contributed by atoms with E-state index in [1.54, 1.807) is 6.92 Å². The molecule has 0 aliphatic rings. The number of aromatic nitrogens is 5. The Morgan fingerprint density at radius 2 is 1.85 bits per heavy atom. The van der Waals surface area contributed by atoms with Gasteiger partial charge in [-0.05, 0) is 19.1 Å². The van der Waals surface area contributed by atoms with Crippen LogP contribution in [-0.4, -0.2) is 61.2 Å². The zero-order chi connectivity index (χ0) is 23.2. The highest BCUT2D eigenvalue weighted by atomic mass is 32.1. The minimum absolute atomic E-state index is 0.114. The molecule has 0 aliphatic heterocycles. The standard InChI is InChI=1S/C20H20N10O2S/c1-12-13(10-21)17(22-6-8-31)26-18(23-7-9-32)16(12)27-28-19-24-11-30(29-19)20-25-14-4-2-3-5-15(14)33-20/h2-5,11,31-32H,6-9H2,1H3,(H2,22,23,26)/b28-27+. The first-order chi connectivity index (χ1) is 16.1. The number of azo groups is 1. The van der Waals surface area contributed by atoms with Crippen LogP contribution in [0.4, 0.5) is 23.3 Å². The van der Waals surface area contributed by atoms with E-state index in [-0.39, 0.29) is 37.8 Å². The fourth-order valence-corrected chi connectivity index (χ4v) is 3.89. The second kappa shape index (κ2) is 10.1. The van der Waals surface area contributed by atoms with Crippen LogP contribution in [0.3, 0.4) is 0 Å². The first-order valence-electron chi connectivity index (χ1n) is 9.98. The summed E-state index contributed by atoms with van der Waals surface area (Å²) in [5.41, 5.74) is 2.00.